The molecule has 0 amide bonds. The van der Waals surface area contributed by atoms with Gasteiger partial charge in [0.15, 0.2) is 0 Å². The number of hydrogen-bond acceptors (Lipinski definition) is 3. The number of aromatic nitrogens is 3. The number of nitrogens with one attached hydrogen (secondary N) is 2. The van der Waals surface area contributed by atoms with Crippen LogP contribution in [0.3, 0.4) is 0 Å². The highest BCUT2D eigenvalue weighted by atomic mass is 16.4. The van der Waals surface area contributed by atoms with Crippen molar-refractivity contribution in [3.63, 3.8) is 0 Å². The average molecular weight is 360 g/mol. The zero-order chi connectivity index (χ0) is 18.6. The predicted molar refractivity (Wildman–Crippen MR) is 104 cm³/mol. The first-order chi connectivity index (χ1) is 13.2. The molecule has 6 nitrogen and oxygen atoms in total. The standard InChI is InChI=1S/C21H20N4O2/c26-21(27)20(10-16-13-23-19-9-5-4-8-18(16)19)22-11-15-12-24-25(14-15)17-6-2-1-3-7-17/h1-9,12-14,20,22-23H,10-11H2,(H,26,27). The molecule has 4 rings (SSSR count). The molecule has 0 radical (unpaired) electrons. The molecule has 2 aromatic carbocycles. The van der Waals surface area contributed by atoms with Gasteiger partial charge in [0.2, 0.25) is 0 Å². The lowest BCUT2D eigenvalue weighted by Crippen LogP contribution is -2.38. The van der Waals surface area contributed by atoms with Gasteiger partial charge in [-0.05, 0) is 23.8 Å². The van der Waals surface area contributed by atoms with Crippen molar-refractivity contribution in [1.82, 2.24) is 20.1 Å². The second-order valence-corrected chi connectivity index (χ2v) is 6.46. The Morgan fingerprint density at radius 1 is 1.15 bits per heavy atom. The fourth-order valence-electron chi connectivity index (χ4n) is 3.18. The first-order valence-corrected chi connectivity index (χ1v) is 8.81. The van der Waals surface area contributed by atoms with Crippen LogP contribution in [0.4, 0.5) is 0 Å². The molecule has 136 valence electrons. The molecule has 4 aromatic rings. The Morgan fingerprint density at radius 2 is 1.93 bits per heavy atom. The number of carboxylic acids is 1. The van der Waals surface area contributed by atoms with E-state index in [1.807, 2.05) is 67.0 Å². The van der Waals surface area contributed by atoms with Crippen molar-refractivity contribution in [1.29, 1.82) is 0 Å². The van der Waals surface area contributed by atoms with E-state index in [2.05, 4.69) is 15.4 Å². The molecule has 0 saturated carbocycles. The van der Waals surface area contributed by atoms with E-state index in [0.717, 1.165) is 27.7 Å². The SMILES string of the molecule is O=C(O)C(Cc1c[nH]c2ccccc12)NCc1cnn(-c2ccccc2)c1. The van der Waals surface area contributed by atoms with Crippen LogP contribution in [0.1, 0.15) is 11.1 Å². The third-order valence-electron chi connectivity index (χ3n) is 4.61. The van der Waals surface area contributed by atoms with Crippen molar-refractivity contribution in [3.05, 3.63) is 84.3 Å². The first kappa shape index (κ1) is 17.1. The highest BCUT2D eigenvalue weighted by Gasteiger charge is 2.19. The highest BCUT2D eigenvalue weighted by molar-refractivity contribution is 5.84. The highest BCUT2D eigenvalue weighted by Crippen LogP contribution is 2.19. The van der Waals surface area contributed by atoms with E-state index in [9.17, 15) is 9.90 Å². The molecule has 0 saturated heterocycles. The normalized spacial score (nSPS) is 12.3. The van der Waals surface area contributed by atoms with Crippen molar-refractivity contribution in [3.8, 4) is 5.69 Å². The van der Waals surface area contributed by atoms with Crippen LogP contribution in [0.25, 0.3) is 16.6 Å². The summed E-state index contributed by atoms with van der Waals surface area (Å²) in [5.74, 6) is -0.865. The summed E-state index contributed by atoms with van der Waals surface area (Å²) in [6, 6.07) is 17.0. The molecule has 0 bridgehead atoms. The summed E-state index contributed by atoms with van der Waals surface area (Å²) in [4.78, 5) is 14.9. The summed E-state index contributed by atoms with van der Waals surface area (Å²) in [6.07, 6.45) is 5.96. The van der Waals surface area contributed by atoms with Gasteiger partial charge < -0.3 is 10.1 Å². The number of para-hydroxylation sites is 2. The minimum absolute atomic E-state index is 0.409. The van der Waals surface area contributed by atoms with E-state index in [-0.39, 0.29) is 0 Å². The van der Waals surface area contributed by atoms with Crippen molar-refractivity contribution >= 4 is 16.9 Å². The maximum Gasteiger partial charge on any atom is 0.321 e. The van der Waals surface area contributed by atoms with E-state index >= 15 is 0 Å². The van der Waals surface area contributed by atoms with Crippen molar-refractivity contribution in [2.75, 3.05) is 0 Å². The molecule has 0 aliphatic rings. The van der Waals surface area contributed by atoms with Crippen LogP contribution < -0.4 is 5.32 Å². The van der Waals surface area contributed by atoms with Crippen LogP contribution in [0.15, 0.2) is 73.2 Å². The zero-order valence-electron chi connectivity index (χ0n) is 14.7. The van der Waals surface area contributed by atoms with Crippen molar-refractivity contribution < 1.29 is 9.90 Å². The summed E-state index contributed by atoms with van der Waals surface area (Å²) in [5.41, 5.74) is 3.91. The monoisotopic (exact) mass is 360 g/mol. The zero-order valence-corrected chi connectivity index (χ0v) is 14.7. The number of H-pyrrole nitrogens is 1. The molecule has 2 aromatic heterocycles. The lowest BCUT2D eigenvalue weighted by atomic mass is 10.0. The van der Waals surface area contributed by atoms with Gasteiger partial charge in [-0.2, -0.15) is 5.10 Å². The van der Waals surface area contributed by atoms with E-state index in [1.165, 1.54) is 0 Å². The third kappa shape index (κ3) is 3.75. The number of benzene rings is 2. The van der Waals surface area contributed by atoms with Gasteiger partial charge in [-0.15, -0.1) is 0 Å². The molecule has 0 aliphatic carbocycles. The maximum absolute atomic E-state index is 11.7. The smallest absolute Gasteiger partial charge is 0.321 e. The fourth-order valence-corrected chi connectivity index (χ4v) is 3.18. The fraction of sp³-hybridized carbons (Fsp3) is 0.143. The van der Waals surface area contributed by atoms with E-state index in [0.29, 0.717) is 13.0 Å². The van der Waals surface area contributed by atoms with Crippen LogP contribution in [-0.4, -0.2) is 31.9 Å². The summed E-state index contributed by atoms with van der Waals surface area (Å²) in [7, 11) is 0. The summed E-state index contributed by atoms with van der Waals surface area (Å²) in [5, 5.41) is 18.2. The summed E-state index contributed by atoms with van der Waals surface area (Å²) >= 11 is 0. The van der Waals surface area contributed by atoms with Crippen LogP contribution >= 0.6 is 0 Å². The predicted octanol–water partition coefficient (Wildman–Crippen LogP) is 3.14. The number of rotatable bonds is 7. The molecule has 1 atom stereocenters. The minimum Gasteiger partial charge on any atom is -0.480 e. The van der Waals surface area contributed by atoms with Gasteiger partial charge in [0, 0.05) is 41.8 Å². The van der Waals surface area contributed by atoms with Gasteiger partial charge in [-0.25, -0.2) is 4.68 Å². The molecule has 0 spiro atoms. The maximum atomic E-state index is 11.7. The molecular formula is C21H20N4O2. The lowest BCUT2D eigenvalue weighted by Gasteiger charge is -2.13. The average Bonchev–Trinajstić information content (AvgIpc) is 3.33. The van der Waals surface area contributed by atoms with Crippen LogP contribution in [0.2, 0.25) is 0 Å². The van der Waals surface area contributed by atoms with Gasteiger partial charge in [0.25, 0.3) is 0 Å². The molecule has 27 heavy (non-hydrogen) atoms. The third-order valence-corrected chi connectivity index (χ3v) is 4.61. The van der Waals surface area contributed by atoms with E-state index in [1.54, 1.807) is 10.9 Å². The van der Waals surface area contributed by atoms with Gasteiger partial charge >= 0.3 is 5.97 Å². The van der Waals surface area contributed by atoms with Gasteiger partial charge in [0.1, 0.15) is 6.04 Å². The Balaban J connectivity index is 1.45. The molecule has 2 heterocycles. The second kappa shape index (κ2) is 7.47. The van der Waals surface area contributed by atoms with E-state index in [4.69, 9.17) is 0 Å². The quantitative estimate of drug-likeness (QED) is 0.473. The Morgan fingerprint density at radius 3 is 2.74 bits per heavy atom. The van der Waals surface area contributed by atoms with Gasteiger partial charge in [-0.3, -0.25) is 10.1 Å². The largest absolute Gasteiger partial charge is 0.480 e. The second-order valence-electron chi connectivity index (χ2n) is 6.46. The Bertz CT molecular complexity index is 1050. The number of aromatic amines is 1. The molecule has 6 heteroatoms. The number of hydrogen-bond donors (Lipinski definition) is 3. The van der Waals surface area contributed by atoms with Gasteiger partial charge in [-0.1, -0.05) is 36.4 Å². The summed E-state index contributed by atoms with van der Waals surface area (Å²) < 4.78 is 1.78. The number of fused-ring (bicyclic) bond motifs is 1. The number of nitrogens with zero attached hydrogens (tertiary/aromatic N) is 2. The van der Waals surface area contributed by atoms with Crippen LogP contribution in [0, 0.1) is 0 Å². The molecular weight excluding hydrogens is 340 g/mol. The summed E-state index contributed by atoms with van der Waals surface area (Å²) in [6.45, 7) is 0.437. The Labute approximate surface area is 156 Å². The lowest BCUT2D eigenvalue weighted by molar-refractivity contribution is -0.139. The van der Waals surface area contributed by atoms with Crippen LogP contribution in [-0.2, 0) is 17.8 Å². The van der Waals surface area contributed by atoms with Crippen molar-refractivity contribution in [2.24, 2.45) is 0 Å². The first-order valence-electron chi connectivity index (χ1n) is 8.81. The van der Waals surface area contributed by atoms with E-state index < -0.39 is 12.0 Å². The van der Waals surface area contributed by atoms with Crippen molar-refractivity contribution in [2.45, 2.75) is 19.0 Å². The van der Waals surface area contributed by atoms with Gasteiger partial charge in [0.05, 0.1) is 11.9 Å². The number of carbonyl (C=O) groups is 1. The van der Waals surface area contributed by atoms with Crippen LogP contribution in [0.5, 0.6) is 0 Å². The molecule has 3 N–H and O–H groups in total. The Kier molecular flexibility index (Phi) is 4.72. The molecule has 1 unspecified atom stereocenters. The number of aliphatic carboxylic acids is 1. The molecule has 0 fully saturated rings. The number of carboxylic acid groups (broad SMARTS) is 1. The minimum atomic E-state index is -0.865. The Hall–Kier alpha value is -3.38. The molecule has 0 aliphatic heterocycles. The topological polar surface area (TPSA) is 82.9 Å².